The van der Waals surface area contributed by atoms with Crippen LogP contribution < -0.4 is 5.32 Å². The Labute approximate surface area is 80.1 Å². The lowest BCUT2D eigenvalue weighted by atomic mass is 10.1. The molecule has 1 aliphatic heterocycles. The van der Waals surface area contributed by atoms with E-state index in [1.54, 1.807) is 7.11 Å². The average Bonchev–Trinajstić information content (AvgIpc) is 2.09. The van der Waals surface area contributed by atoms with Crippen LogP contribution in [0, 0.1) is 0 Å². The van der Waals surface area contributed by atoms with Gasteiger partial charge in [0.05, 0.1) is 12.4 Å². The van der Waals surface area contributed by atoms with Crippen LogP contribution in [0.2, 0.25) is 0 Å². The number of methoxy groups -OCH3 is 1. The van der Waals surface area contributed by atoms with E-state index in [1.165, 1.54) is 5.57 Å². The van der Waals surface area contributed by atoms with Gasteiger partial charge in [0.2, 0.25) is 0 Å². The minimum absolute atomic E-state index is 0.374. The summed E-state index contributed by atoms with van der Waals surface area (Å²) in [6.07, 6.45) is 3.10. The molecule has 3 heteroatoms. The van der Waals surface area contributed by atoms with Crippen molar-refractivity contribution in [3.05, 3.63) is 24.2 Å². The van der Waals surface area contributed by atoms with Crippen molar-refractivity contribution in [2.45, 2.75) is 19.4 Å². The zero-order valence-electron chi connectivity index (χ0n) is 8.63. The second-order valence-electron chi connectivity index (χ2n) is 3.37. The van der Waals surface area contributed by atoms with Crippen molar-refractivity contribution in [2.75, 3.05) is 20.8 Å². The fourth-order valence-corrected chi connectivity index (χ4v) is 1.38. The fourth-order valence-electron chi connectivity index (χ4n) is 1.38. The summed E-state index contributed by atoms with van der Waals surface area (Å²) in [5, 5.41) is 3.30. The molecule has 3 nitrogen and oxygen atoms in total. The molecule has 0 spiro atoms. The Morgan fingerprint density at radius 1 is 1.69 bits per heavy atom. The molecule has 0 fully saturated rings. The minimum Gasteiger partial charge on any atom is -0.384 e. The van der Waals surface area contributed by atoms with Crippen molar-refractivity contribution in [1.29, 1.82) is 0 Å². The third-order valence-corrected chi connectivity index (χ3v) is 2.32. The van der Waals surface area contributed by atoms with E-state index in [9.17, 15) is 0 Å². The van der Waals surface area contributed by atoms with Crippen LogP contribution in [0.5, 0.6) is 0 Å². The van der Waals surface area contributed by atoms with Gasteiger partial charge in [0.15, 0.2) is 0 Å². The molecule has 74 valence electrons. The number of hydrogen-bond acceptors (Lipinski definition) is 3. The normalized spacial score (nSPS) is 22.7. The summed E-state index contributed by atoms with van der Waals surface area (Å²) in [6, 6.07) is 0.374. The highest BCUT2D eigenvalue weighted by atomic mass is 16.5. The van der Waals surface area contributed by atoms with Crippen LogP contribution in [0.4, 0.5) is 0 Å². The van der Waals surface area contributed by atoms with Crippen LogP contribution in [0.15, 0.2) is 24.2 Å². The molecule has 0 aliphatic carbocycles. The van der Waals surface area contributed by atoms with Gasteiger partial charge in [0.1, 0.15) is 0 Å². The van der Waals surface area contributed by atoms with Crippen LogP contribution in [0.25, 0.3) is 0 Å². The van der Waals surface area contributed by atoms with Gasteiger partial charge in [-0.25, -0.2) is 0 Å². The van der Waals surface area contributed by atoms with Gasteiger partial charge in [-0.3, -0.25) is 0 Å². The third kappa shape index (κ3) is 2.49. The maximum Gasteiger partial charge on any atom is 0.0981 e. The molecule has 1 N–H and O–H groups in total. The molecule has 0 saturated carbocycles. The zero-order valence-corrected chi connectivity index (χ0v) is 8.63. The molecule has 0 aromatic rings. The molecule has 0 aromatic carbocycles. The van der Waals surface area contributed by atoms with E-state index in [4.69, 9.17) is 4.74 Å². The Hall–Kier alpha value is -0.960. The number of hydrogen-bond donors (Lipinski definition) is 1. The zero-order chi connectivity index (χ0) is 9.84. The number of nitrogens with zero attached hydrogens (tertiary/aromatic N) is 1. The summed E-state index contributed by atoms with van der Waals surface area (Å²) in [4.78, 5) is 2.00. The molecule has 13 heavy (non-hydrogen) atoms. The molecule has 0 aromatic heterocycles. The number of rotatable bonds is 3. The lowest BCUT2D eigenvalue weighted by Gasteiger charge is -2.31. The van der Waals surface area contributed by atoms with Crippen LogP contribution in [-0.4, -0.2) is 31.7 Å². The van der Waals surface area contributed by atoms with E-state index in [-0.39, 0.29) is 0 Å². The van der Waals surface area contributed by atoms with Crippen molar-refractivity contribution in [3.8, 4) is 0 Å². The first-order valence-corrected chi connectivity index (χ1v) is 4.53. The lowest BCUT2D eigenvalue weighted by Crippen LogP contribution is -2.38. The van der Waals surface area contributed by atoms with Crippen molar-refractivity contribution < 1.29 is 4.74 Å². The largest absolute Gasteiger partial charge is 0.384 e. The van der Waals surface area contributed by atoms with Gasteiger partial charge >= 0.3 is 0 Å². The van der Waals surface area contributed by atoms with Crippen LogP contribution >= 0.6 is 0 Å². The van der Waals surface area contributed by atoms with Crippen molar-refractivity contribution >= 4 is 0 Å². The molecule has 0 saturated heterocycles. The Balaban J connectivity index is 2.60. The summed E-state index contributed by atoms with van der Waals surface area (Å²) in [5.41, 5.74) is 1.36. The summed E-state index contributed by atoms with van der Waals surface area (Å²) in [6.45, 7) is 6.81. The Morgan fingerprint density at radius 3 is 3.00 bits per heavy atom. The van der Waals surface area contributed by atoms with E-state index in [0.29, 0.717) is 6.04 Å². The maximum atomic E-state index is 5.05. The first kappa shape index (κ1) is 10.1. The number of ether oxygens (including phenoxy) is 1. The van der Waals surface area contributed by atoms with Gasteiger partial charge in [0, 0.05) is 26.4 Å². The standard InChI is InChI=1S/C10H18N2O/c1-8-10(5-6-13-4)7-12(3)9(2)11-8/h7-8,11H,2,5-6H2,1,3-4H3. The summed E-state index contributed by atoms with van der Waals surface area (Å²) >= 11 is 0. The highest BCUT2D eigenvalue weighted by Gasteiger charge is 2.16. The van der Waals surface area contributed by atoms with Crippen molar-refractivity contribution in [2.24, 2.45) is 0 Å². The summed E-state index contributed by atoms with van der Waals surface area (Å²) in [5.74, 6) is 0.952. The highest BCUT2D eigenvalue weighted by Crippen LogP contribution is 2.16. The van der Waals surface area contributed by atoms with Crippen LogP contribution in [-0.2, 0) is 4.74 Å². The molecular formula is C10H18N2O. The molecule has 1 atom stereocenters. The fraction of sp³-hybridized carbons (Fsp3) is 0.600. The first-order chi connectivity index (χ1) is 6.15. The Morgan fingerprint density at radius 2 is 2.38 bits per heavy atom. The molecule has 0 radical (unpaired) electrons. The Kier molecular flexibility index (Phi) is 3.37. The highest BCUT2D eigenvalue weighted by molar-refractivity contribution is 5.18. The predicted molar refractivity (Wildman–Crippen MR) is 54.1 cm³/mol. The van der Waals surface area contributed by atoms with E-state index >= 15 is 0 Å². The monoisotopic (exact) mass is 182 g/mol. The first-order valence-electron chi connectivity index (χ1n) is 4.53. The smallest absolute Gasteiger partial charge is 0.0981 e. The molecule has 1 aliphatic rings. The Bertz CT molecular complexity index is 223. The van der Waals surface area contributed by atoms with Gasteiger partial charge in [-0.1, -0.05) is 6.58 Å². The maximum absolute atomic E-state index is 5.05. The van der Waals surface area contributed by atoms with Crippen LogP contribution in [0.1, 0.15) is 13.3 Å². The lowest BCUT2D eigenvalue weighted by molar-refractivity contribution is 0.199. The van der Waals surface area contributed by atoms with E-state index in [0.717, 1.165) is 18.8 Å². The number of nitrogens with one attached hydrogen (secondary N) is 1. The van der Waals surface area contributed by atoms with Crippen molar-refractivity contribution in [1.82, 2.24) is 10.2 Å². The van der Waals surface area contributed by atoms with Gasteiger partial charge in [-0.15, -0.1) is 0 Å². The third-order valence-electron chi connectivity index (χ3n) is 2.32. The molecule has 0 bridgehead atoms. The van der Waals surface area contributed by atoms with Gasteiger partial charge < -0.3 is 15.0 Å². The van der Waals surface area contributed by atoms with Crippen molar-refractivity contribution in [3.63, 3.8) is 0 Å². The van der Waals surface area contributed by atoms with Gasteiger partial charge in [-0.05, 0) is 18.9 Å². The van der Waals surface area contributed by atoms with Gasteiger partial charge in [-0.2, -0.15) is 0 Å². The molecule has 1 heterocycles. The van der Waals surface area contributed by atoms with E-state index in [1.807, 2.05) is 11.9 Å². The second kappa shape index (κ2) is 4.33. The predicted octanol–water partition coefficient (Wildman–Crippen LogP) is 1.30. The second-order valence-corrected chi connectivity index (χ2v) is 3.37. The van der Waals surface area contributed by atoms with E-state index < -0.39 is 0 Å². The summed E-state index contributed by atoms with van der Waals surface area (Å²) in [7, 11) is 3.72. The minimum atomic E-state index is 0.374. The quantitative estimate of drug-likeness (QED) is 0.712. The summed E-state index contributed by atoms with van der Waals surface area (Å²) < 4.78 is 5.05. The topological polar surface area (TPSA) is 24.5 Å². The van der Waals surface area contributed by atoms with Crippen LogP contribution in [0.3, 0.4) is 0 Å². The average molecular weight is 182 g/mol. The molecule has 1 unspecified atom stereocenters. The van der Waals surface area contributed by atoms with E-state index in [2.05, 4.69) is 25.0 Å². The molecule has 1 rings (SSSR count). The molecular weight excluding hydrogens is 164 g/mol. The SMILES string of the molecule is C=C1NC(C)C(CCOC)=CN1C. The van der Waals surface area contributed by atoms with Gasteiger partial charge in [0.25, 0.3) is 0 Å². The molecule has 0 amide bonds.